The lowest BCUT2D eigenvalue weighted by molar-refractivity contribution is 0.0155. The zero-order chi connectivity index (χ0) is 14.5. The average molecular weight is 277 g/mol. The van der Waals surface area contributed by atoms with E-state index in [9.17, 15) is 4.79 Å². The Bertz CT molecular complexity index is 473. The van der Waals surface area contributed by atoms with Crippen LogP contribution in [0.25, 0.3) is 0 Å². The first kappa shape index (κ1) is 14.7. The van der Waals surface area contributed by atoms with Crippen LogP contribution in [0.1, 0.15) is 49.9 Å². The molecule has 0 aliphatic heterocycles. The van der Waals surface area contributed by atoms with Gasteiger partial charge in [0.05, 0.1) is 12.2 Å². The summed E-state index contributed by atoms with van der Waals surface area (Å²) in [5.41, 5.74) is 6.77. The summed E-state index contributed by atoms with van der Waals surface area (Å²) in [5.74, 6) is 0.926. The van der Waals surface area contributed by atoms with Gasteiger partial charge in [-0.05, 0) is 44.2 Å². The molecule has 0 spiro atoms. The highest BCUT2D eigenvalue weighted by molar-refractivity contribution is 5.91. The average Bonchev–Trinajstić information content (AvgIpc) is 2.38. The summed E-state index contributed by atoms with van der Waals surface area (Å²) in [5, 5.41) is 0. The van der Waals surface area contributed by atoms with Crippen molar-refractivity contribution in [1.82, 2.24) is 0 Å². The molecule has 2 unspecified atom stereocenters. The molecular weight excluding hydrogens is 254 g/mol. The lowest BCUT2D eigenvalue weighted by Crippen LogP contribution is -2.24. The number of carbonyl (C=O) groups is 1. The van der Waals surface area contributed by atoms with Crippen molar-refractivity contribution >= 4 is 11.7 Å². The second-order valence-electron chi connectivity index (χ2n) is 5.52. The van der Waals surface area contributed by atoms with Crippen LogP contribution in [0.15, 0.2) is 18.2 Å². The van der Waals surface area contributed by atoms with E-state index >= 15 is 0 Å². The van der Waals surface area contributed by atoms with Gasteiger partial charge in [0.15, 0.2) is 0 Å². The molecule has 1 aliphatic rings. The molecule has 0 heterocycles. The maximum Gasteiger partial charge on any atom is 0.338 e. The van der Waals surface area contributed by atoms with Gasteiger partial charge in [-0.3, -0.25) is 0 Å². The highest BCUT2D eigenvalue weighted by atomic mass is 16.5. The van der Waals surface area contributed by atoms with E-state index in [1.54, 1.807) is 18.2 Å². The van der Waals surface area contributed by atoms with Gasteiger partial charge >= 0.3 is 5.97 Å². The fourth-order valence-electron chi connectivity index (χ4n) is 2.69. The number of rotatable bonds is 4. The third kappa shape index (κ3) is 3.89. The van der Waals surface area contributed by atoms with Gasteiger partial charge in [-0.15, -0.1) is 0 Å². The van der Waals surface area contributed by atoms with Crippen molar-refractivity contribution in [2.24, 2.45) is 5.92 Å². The quantitative estimate of drug-likeness (QED) is 0.676. The summed E-state index contributed by atoms with van der Waals surface area (Å²) >= 11 is 0. The Morgan fingerprint density at radius 3 is 2.85 bits per heavy atom. The molecule has 1 aliphatic carbocycles. The van der Waals surface area contributed by atoms with Crippen LogP contribution in [0.5, 0.6) is 5.75 Å². The molecule has 2 atom stereocenters. The first-order chi connectivity index (χ1) is 9.58. The minimum Gasteiger partial charge on any atom is -0.494 e. The van der Waals surface area contributed by atoms with Gasteiger partial charge in [0.2, 0.25) is 0 Å². The maximum absolute atomic E-state index is 12.2. The third-order valence-corrected chi connectivity index (χ3v) is 3.64. The van der Waals surface area contributed by atoms with Crippen LogP contribution >= 0.6 is 0 Å². The molecule has 4 nitrogen and oxygen atoms in total. The van der Waals surface area contributed by atoms with Gasteiger partial charge in [0, 0.05) is 11.8 Å². The van der Waals surface area contributed by atoms with Crippen molar-refractivity contribution in [3.63, 3.8) is 0 Å². The van der Waals surface area contributed by atoms with Crippen LogP contribution in [0, 0.1) is 5.92 Å². The Hall–Kier alpha value is -1.71. The van der Waals surface area contributed by atoms with Gasteiger partial charge in [0.1, 0.15) is 11.9 Å². The van der Waals surface area contributed by atoms with Crippen LogP contribution in [0.4, 0.5) is 5.69 Å². The van der Waals surface area contributed by atoms with Crippen molar-refractivity contribution in [2.75, 3.05) is 12.3 Å². The predicted molar refractivity (Wildman–Crippen MR) is 78.9 cm³/mol. The van der Waals surface area contributed by atoms with Gasteiger partial charge in [0.25, 0.3) is 0 Å². The molecule has 110 valence electrons. The lowest BCUT2D eigenvalue weighted by Gasteiger charge is -2.26. The Balaban J connectivity index is 2.04. The molecule has 1 saturated carbocycles. The van der Waals surface area contributed by atoms with Gasteiger partial charge in [-0.25, -0.2) is 4.79 Å². The van der Waals surface area contributed by atoms with Crippen molar-refractivity contribution in [3.8, 4) is 5.75 Å². The summed E-state index contributed by atoms with van der Waals surface area (Å²) in [4.78, 5) is 12.2. The number of benzene rings is 1. The minimum absolute atomic E-state index is 0.0308. The molecule has 20 heavy (non-hydrogen) atoms. The maximum atomic E-state index is 12.2. The van der Waals surface area contributed by atoms with E-state index in [0.717, 1.165) is 19.3 Å². The summed E-state index contributed by atoms with van der Waals surface area (Å²) < 4.78 is 11.0. The molecule has 0 saturated heterocycles. The number of esters is 1. The van der Waals surface area contributed by atoms with Crippen molar-refractivity contribution in [1.29, 1.82) is 0 Å². The highest BCUT2D eigenvalue weighted by Gasteiger charge is 2.23. The van der Waals surface area contributed by atoms with Crippen molar-refractivity contribution in [3.05, 3.63) is 23.8 Å². The molecule has 0 radical (unpaired) electrons. The smallest absolute Gasteiger partial charge is 0.338 e. The van der Waals surface area contributed by atoms with E-state index in [0.29, 0.717) is 29.5 Å². The highest BCUT2D eigenvalue weighted by Crippen LogP contribution is 2.27. The van der Waals surface area contributed by atoms with Crippen molar-refractivity contribution < 1.29 is 14.3 Å². The summed E-state index contributed by atoms with van der Waals surface area (Å²) in [6.45, 7) is 4.64. The monoisotopic (exact) mass is 277 g/mol. The van der Waals surface area contributed by atoms with Gasteiger partial charge < -0.3 is 15.2 Å². The number of anilines is 1. The second-order valence-corrected chi connectivity index (χ2v) is 5.52. The van der Waals surface area contributed by atoms with Crippen LogP contribution in [0.2, 0.25) is 0 Å². The van der Waals surface area contributed by atoms with E-state index in [-0.39, 0.29) is 12.1 Å². The molecule has 2 N–H and O–H groups in total. The second kappa shape index (κ2) is 6.64. The number of ether oxygens (including phenoxy) is 2. The fourth-order valence-corrected chi connectivity index (χ4v) is 2.69. The summed E-state index contributed by atoms with van der Waals surface area (Å²) in [7, 11) is 0. The minimum atomic E-state index is -0.308. The Labute approximate surface area is 120 Å². The molecular formula is C16H23NO3. The SMILES string of the molecule is CCOc1cc(N)cc(C(=O)OC2CCCC(C)C2)c1. The van der Waals surface area contributed by atoms with E-state index in [1.807, 2.05) is 6.92 Å². The number of nitrogens with two attached hydrogens (primary N) is 1. The first-order valence-corrected chi connectivity index (χ1v) is 7.32. The predicted octanol–water partition coefficient (Wildman–Crippen LogP) is 3.40. The van der Waals surface area contributed by atoms with Gasteiger partial charge in [-0.2, -0.15) is 0 Å². The van der Waals surface area contributed by atoms with E-state index < -0.39 is 0 Å². The van der Waals surface area contributed by atoms with E-state index in [1.165, 1.54) is 6.42 Å². The van der Waals surface area contributed by atoms with E-state index in [2.05, 4.69) is 6.92 Å². The zero-order valence-corrected chi connectivity index (χ0v) is 12.2. The van der Waals surface area contributed by atoms with Gasteiger partial charge in [-0.1, -0.05) is 13.3 Å². The lowest BCUT2D eigenvalue weighted by atomic mass is 9.89. The summed E-state index contributed by atoms with van der Waals surface area (Å²) in [6, 6.07) is 5.04. The zero-order valence-electron chi connectivity index (χ0n) is 12.2. The Morgan fingerprint density at radius 2 is 2.15 bits per heavy atom. The van der Waals surface area contributed by atoms with Crippen LogP contribution in [-0.4, -0.2) is 18.7 Å². The Kier molecular flexibility index (Phi) is 4.88. The molecule has 0 aromatic heterocycles. The number of hydrogen-bond donors (Lipinski definition) is 1. The summed E-state index contributed by atoms with van der Waals surface area (Å²) in [6.07, 6.45) is 4.28. The van der Waals surface area contributed by atoms with Crippen molar-refractivity contribution in [2.45, 2.75) is 45.6 Å². The van der Waals surface area contributed by atoms with Crippen LogP contribution < -0.4 is 10.5 Å². The van der Waals surface area contributed by atoms with E-state index in [4.69, 9.17) is 15.2 Å². The topological polar surface area (TPSA) is 61.5 Å². The third-order valence-electron chi connectivity index (χ3n) is 3.64. The van der Waals surface area contributed by atoms with Crippen LogP contribution in [-0.2, 0) is 4.74 Å². The molecule has 0 amide bonds. The molecule has 0 bridgehead atoms. The molecule has 1 aromatic rings. The largest absolute Gasteiger partial charge is 0.494 e. The normalized spacial score (nSPS) is 22.3. The number of hydrogen-bond acceptors (Lipinski definition) is 4. The van der Waals surface area contributed by atoms with Crippen LogP contribution in [0.3, 0.4) is 0 Å². The number of nitrogen functional groups attached to an aromatic ring is 1. The molecule has 1 fully saturated rings. The number of carbonyl (C=O) groups excluding carboxylic acids is 1. The fraction of sp³-hybridized carbons (Fsp3) is 0.562. The molecule has 2 rings (SSSR count). The molecule has 1 aromatic carbocycles. The first-order valence-electron chi connectivity index (χ1n) is 7.32. The standard InChI is InChI=1S/C16H23NO3/c1-3-19-15-9-12(8-13(17)10-15)16(18)20-14-6-4-5-11(2)7-14/h8-11,14H,3-7,17H2,1-2H3. The Morgan fingerprint density at radius 1 is 1.35 bits per heavy atom. The molecule has 4 heteroatoms.